The molecule has 4 aromatic carbocycles. The zero-order valence-corrected chi connectivity index (χ0v) is 18.5. The van der Waals surface area contributed by atoms with Gasteiger partial charge in [-0.15, -0.1) is 0 Å². The van der Waals surface area contributed by atoms with E-state index >= 15 is 0 Å². The number of hydrogen-bond acceptors (Lipinski definition) is 3. The largest absolute Gasteiger partial charge is 0.390 e. The van der Waals surface area contributed by atoms with E-state index in [2.05, 4.69) is 36.4 Å². The molecule has 1 unspecified atom stereocenters. The summed E-state index contributed by atoms with van der Waals surface area (Å²) in [6.45, 7) is 0.717. The van der Waals surface area contributed by atoms with E-state index in [4.69, 9.17) is 9.47 Å². The molecule has 0 radical (unpaired) electrons. The Morgan fingerprint density at radius 2 is 1.12 bits per heavy atom. The third-order valence-electron chi connectivity index (χ3n) is 6.49. The molecule has 166 valence electrons. The van der Waals surface area contributed by atoms with Crippen LogP contribution in [0, 0.1) is 5.92 Å². The fourth-order valence-corrected chi connectivity index (χ4v) is 4.71. The zero-order valence-electron chi connectivity index (χ0n) is 18.5. The molecule has 0 aromatic heterocycles. The van der Waals surface area contributed by atoms with Gasteiger partial charge in [0, 0.05) is 5.92 Å². The topological polar surface area (TPSA) is 38.7 Å². The molecule has 3 nitrogen and oxygen atoms in total. The van der Waals surface area contributed by atoms with Crippen LogP contribution in [0.15, 0.2) is 121 Å². The lowest BCUT2D eigenvalue weighted by molar-refractivity contribution is -0.179. The lowest BCUT2D eigenvalue weighted by atomic mass is 9.80. The van der Waals surface area contributed by atoms with Crippen LogP contribution in [0.1, 0.15) is 28.4 Å². The van der Waals surface area contributed by atoms with Gasteiger partial charge in [0.1, 0.15) is 5.60 Å². The van der Waals surface area contributed by atoms with E-state index in [0.29, 0.717) is 6.61 Å². The van der Waals surface area contributed by atoms with Crippen LogP contribution in [0.25, 0.3) is 0 Å². The van der Waals surface area contributed by atoms with Gasteiger partial charge in [0.25, 0.3) is 0 Å². The minimum absolute atomic E-state index is 0.00702. The van der Waals surface area contributed by atoms with E-state index in [1.807, 2.05) is 84.9 Å². The Balaban J connectivity index is 1.49. The van der Waals surface area contributed by atoms with Crippen LogP contribution in [0.3, 0.4) is 0 Å². The Morgan fingerprint density at radius 3 is 1.52 bits per heavy atom. The molecule has 0 bridgehead atoms. The van der Waals surface area contributed by atoms with E-state index in [9.17, 15) is 5.11 Å². The number of aliphatic hydroxyl groups is 1. The number of benzene rings is 4. The molecule has 0 saturated carbocycles. The minimum atomic E-state index is -0.836. The molecule has 3 heteroatoms. The normalized spacial score (nSPS) is 18.9. The van der Waals surface area contributed by atoms with Crippen molar-refractivity contribution in [2.45, 2.75) is 17.8 Å². The van der Waals surface area contributed by atoms with Crippen LogP contribution >= 0.6 is 0 Å². The van der Waals surface area contributed by atoms with Crippen molar-refractivity contribution in [2.24, 2.45) is 5.92 Å². The molecular formula is C30H28O3. The van der Waals surface area contributed by atoms with Crippen molar-refractivity contribution in [3.63, 3.8) is 0 Å². The maximum atomic E-state index is 11.2. The van der Waals surface area contributed by atoms with Crippen LogP contribution in [-0.2, 0) is 15.1 Å². The summed E-state index contributed by atoms with van der Waals surface area (Å²) >= 11 is 0. The molecule has 33 heavy (non-hydrogen) atoms. The average Bonchev–Trinajstić information content (AvgIpc) is 2.86. The van der Waals surface area contributed by atoms with Crippen molar-refractivity contribution in [3.8, 4) is 0 Å². The summed E-state index contributed by atoms with van der Waals surface area (Å²) in [5.41, 5.74) is 3.34. The van der Waals surface area contributed by atoms with Gasteiger partial charge in [0.2, 0.25) is 0 Å². The summed E-state index contributed by atoms with van der Waals surface area (Å²) in [6, 6.07) is 40.8. The SMILES string of the molecule is OC(COC(c1ccccc1)(c1ccccc1)c1ccccc1)[C@H]1CO[C@H]1c1ccccc1. The third-order valence-corrected chi connectivity index (χ3v) is 6.49. The van der Waals surface area contributed by atoms with Gasteiger partial charge >= 0.3 is 0 Å². The second-order valence-electron chi connectivity index (χ2n) is 8.49. The maximum Gasteiger partial charge on any atom is 0.143 e. The van der Waals surface area contributed by atoms with E-state index in [0.717, 1.165) is 22.3 Å². The molecule has 5 rings (SSSR count). The Bertz CT molecular complexity index is 1030. The first-order chi connectivity index (χ1) is 16.3. The van der Waals surface area contributed by atoms with E-state index in [-0.39, 0.29) is 18.6 Å². The van der Waals surface area contributed by atoms with Crippen LogP contribution < -0.4 is 0 Å². The molecule has 1 saturated heterocycles. The van der Waals surface area contributed by atoms with E-state index in [1.165, 1.54) is 0 Å². The fraction of sp³-hybridized carbons (Fsp3) is 0.200. The second-order valence-corrected chi connectivity index (χ2v) is 8.49. The molecule has 3 atom stereocenters. The summed E-state index contributed by atoms with van der Waals surface area (Å²) in [4.78, 5) is 0. The van der Waals surface area contributed by atoms with E-state index in [1.54, 1.807) is 0 Å². The van der Waals surface area contributed by atoms with Gasteiger partial charge in [-0.1, -0.05) is 121 Å². The van der Waals surface area contributed by atoms with Gasteiger partial charge in [-0.3, -0.25) is 0 Å². The number of hydrogen-bond donors (Lipinski definition) is 1. The van der Waals surface area contributed by atoms with Gasteiger partial charge < -0.3 is 14.6 Å². The number of rotatable bonds is 8. The Labute approximate surface area is 195 Å². The molecule has 0 amide bonds. The summed E-state index contributed by atoms with van der Waals surface area (Å²) in [5, 5.41) is 11.2. The molecule has 1 aliphatic rings. The summed E-state index contributed by atoms with van der Waals surface area (Å²) in [7, 11) is 0. The van der Waals surface area contributed by atoms with Crippen LogP contribution in [0.5, 0.6) is 0 Å². The molecular weight excluding hydrogens is 408 g/mol. The molecule has 1 fully saturated rings. The molecule has 1 N–H and O–H groups in total. The van der Waals surface area contributed by atoms with Gasteiger partial charge in [-0.05, 0) is 22.3 Å². The fourth-order valence-electron chi connectivity index (χ4n) is 4.71. The number of aliphatic hydroxyl groups excluding tert-OH is 1. The van der Waals surface area contributed by atoms with Crippen molar-refractivity contribution in [1.82, 2.24) is 0 Å². The first-order valence-electron chi connectivity index (χ1n) is 11.4. The lowest BCUT2D eigenvalue weighted by Gasteiger charge is -2.42. The standard InChI is InChI=1S/C30H28O3/c31-28(27-21-32-29(27)23-13-5-1-6-14-23)22-33-30(24-15-7-2-8-16-24,25-17-9-3-10-18-25)26-19-11-4-12-20-26/h1-20,27-29,31H,21-22H2/t27-,28?,29+/m1/s1. The molecule has 1 heterocycles. The van der Waals surface area contributed by atoms with Crippen molar-refractivity contribution in [1.29, 1.82) is 0 Å². The quantitative estimate of drug-likeness (QED) is 0.358. The van der Waals surface area contributed by atoms with Gasteiger partial charge in [-0.2, -0.15) is 0 Å². The highest BCUT2D eigenvalue weighted by Crippen LogP contribution is 2.42. The Morgan fingerprint density at radius 1 is 0.697 bits per heavy atom. The molecule has 1 aliphatic heterocycles. The monoisotopic (exact) mass is 436 g/mol. The first kappa shape index (κ1) is 21.6. The zero-order chi connectivity index (χ0) is 22.5. The summed E-state index contributed by atoms with van der Waals surface area (Å²) in [5.74, 6) is -0.00702. The summed E-state index contributed by atoms with van der Waals surface area (Å²) < 4.78 is 12.6. The average molecular weight is 437 g/mol. The Kier molecular flexibility index (Phi) is 6.36. The highest BCUT2D eigenvalue weighted by molar-refractivity contribution is 5.47. The maximum absolute atomic E-state index is 11.2. The van der Waals surface area contributed by atoms with Crippen molar-refractivity contribution >= 4 is 0 Å². The van der Waals surface area contributed by atoms with Crippen molar-refractivity contribution in [2.75, 3.05) is 13.2 Å². The molecule has 0 spiro atoms. The van der Waals surface area contributed by atoms with Gasteiger partial charge in [0.15, 0.2) is 0 Å². The van der Waals surface area contributed by atoms with Gasteiger partial charge in [0.05, 0.1) is 25.4 Å². The smallest absolute Gasteiger partial charge is 0.143 e. The lowest BCUT2D eigenvalue weighted by Crippen LogP contribution is -2.45. The first-order valence-corrected chi connectivity index (χ1v) is 11.4. The van der Waals surface area contributed by atoms with E-state index < -0.39 is 11.7 Å². The van der Waals surface area contributed by atoms with Gasteiger partial charge in [-0.25, -0.2) is 0 Å². The summed E-state index contributed by atoms with van der Waals surface area (Å²) in [6.07, 6.45) is -0.760. The predicted octanol–water partition coefficient (Wildman–Crippen LogP) is 5.74. The van der Waals surface area contributed by atoms with Crippen LogP contribution in [0.2, 0.25) is 0 Å². The predicted molar refractivity (Wildman–Crippen MR) is 130 cm³/mol. The minimum Gasteiger partial charge on any atom is -0.390 e. The van der Waals surface area contributed by atoms with Crippen LogP contribution in [0.4, 0.5) is 0 Å². The highest BCUT2D eigenvalue weighted by Gasteiger charge is 2.42. The molecule has 4 aromatic rings. The third kappa shape index (κ3) is 4.23. The van der Waals surface area contributed by atoms with Crippen LogP contribution in [-0.4, -0.2) is 24.4 Å². The number of ether oxygens (including phenoxy) is 2. The van der Waals surface area contributed by atoms with Crippen molar-refractivity contribution < 1.29 is 14.6 Å². The Hall–Kier alpha value is -3.24. The second kappa shape index (κ2) is 9.72. The highest BCUT2D eigenvalue weighted by atomic mass is 16.5. The van der Waals surface area contributed by atoms with Crippen molar-refractivity contribution in [3.05, 3.63) is 144 Å². The molecule has 0 aliphatic carbocycles.